The molecule has 0 aromatic heterocycles. The normalized spacial score (nSPS) is 22.4. The summed E-state index contributed by atoms with van der Waals surface area (Å²) in [4.78, 5) is 14.1. The summed E-state index contributed by atoms with van der Waals surface area (Å²) in [7, 11) is 0. The van der Waals surface area contributed by atoms with E-state index >= 15 is 0 Å². The SMILES string of the molecule is O=C(CC1COc2ccccc21)N1CCCC1. The second kappa shape index (κ2) is 4.40. The van der Waals surface area contributed by atoms with Crippen LogP contribution in [-0.4, -0.2) is 30.5 Å². The third kappa shape index (κ3) is 2.02. The predicted octanol–water partition coefficient (Wildman–Crippen LogP) is 2.18. The number of hydrogen-bond acceptors (Lipinski definition) is 2. The van der Waals surface area contributed by atoms with Gasteiger partial charge in [-0.05, 0) is 18.9 Å². The zero-order valence-electron chi connectivity index (χ0n) is 9.89. The van der Waals surface area contributed by atoms with Crippen molar-refractivity contribution in [1.29, 1.82) is 0 Å². The molecule has 1 saturated heterocycles. The molecule has 0 spiro atoms. The van der Waals surface area contributed by atoms with Crippen LogP contribution in [0.3, 0.4) is 0 Å². The Balaban J connectivity index is 1.68. The molecule has 1 unspecified atom stereocenters. The highest BCUT2D eigenvalue weighted by atomic mass is 16.5. The van der Waals surface area contributed by atoms with Crippen LogP contribution in [0.1, 0.15) is 30.7 Å². The molecule has 3 heteroatoms. The lowest BCUT2D eigenvalue weighted by atomic mass is 9.97. The van der Waals surface area contributed by atoms with E-state index < -0.39 is 0 Å². The van der Waals surface area contributed by atoms with Crippen LogP contribution in [0, 0.1) is 0 Å². The van der Waals surface area contributed by atoms with Crippen LogP contribution in [0.4, 0.5) is 0 Å². The molecule has 0 saturated carbocycles. The average Bonchev–Trinajstić information content (AvgIpc) is 2.98. The molecule has 3 nitrogen and oxygen atoms in total. The summed E-state index contributed by atoms with van der Waals surface area (Å²) in [5.74, 6) is 1.49. The van der Waals surface area contributed by atoms with Crippen LogP contribution in [0.25, 0.3) is 0 Å². The molecule has 2 aliphatic heterocycles. The fourth-order valence-corrected chi connectivity index (χ4v) is 2.70. The smallest absolute Gasteiger partial charge is 0.223 e. The summed E-state index contributed by atoms with van der Waals surface area (Å²) in [6.07, 6.45) is 2.91. The number of benzene rings is 1. The number of nitrogens with zero attached hydrogens (tertiary/aromatic N) is 1. The van der Waals surface area contributed by atoms with Gasteiger partial charge in [0, 0.05) is 31.0 Å². The zero-order valence-corrected chi connectivity index (χ0v) is 9.89. The van der Waals surface area contributed by atoms with E-state index in [9.17, 15) is 4.79 Å². The summed E-state index contributed by atoms with van der Waals surface area (Å²) in [6.45, 7) is 2.53. The minimum atomic E-state index is 0.249. The third-order valence-corrected chi connectivity index (χ3v) is 3.68. The molecule has 2 heterocycles. The first-order chi connectivity index (χ1) is 8.34. The van der Waals surface area contributed by atoms with Crippen molar-refractivity contribution in [2.24, 2.45) is 0 Å². The number of amides is 1. The fourth-order valence-electron chi connectivity index (χ4n) is 2.70. The molecular weight excluding hydrogens is 214 g/mol. The molecule has 0 aliphatic carbocycles. The predicted molar refractivity (Wildman–Crippen MR) is 65.1 cm³/mol. The number of ether oxygens (including phenoxy) is 1. The quantitative estimate of drug-likeness (QED) is 0.780. The van der Waals surface area contributed by atoms with Crippen LogP contribution in [0.2, 0.25) is 0 Å². The van der Waals surface area contributed by atoms with Gasteiger partial charge in [0.05, 0.1) is 6.61 Å². The van der Waals surface area contributed by atoms with Crippen molar-refractivity contribution in [2.75, 3.05) is 19.7 Å². The van der Waals surface area contributed by atoms with E-state index in [2.05, 4.69) is 6.07 Å². The number of para-hydroxylation sites is 1. The van der Waals surface area contributed by atoms with Crippen LogP contribution in [0.5, 0.6) is 5.75 Å². The van der Waals surface area contributed by atoms with Gasteiger partial charge in [0.25, 0.3) is 0 Å². The van der Waals surface area contributed by atoms with Crippen LogP contribution < -0.4 is 4.74 Å². The van der Waals surface area contributed by atoms with Crippen molar-refractivity contribution in [3.63, 3.8) is 0 Å². The number of carbonyl (C=O) groups is 1. The van der Waals surface area contributed by atoms with Gasteiger partial charge in [-0.2, -0.15) is 0 Å². The highest BCUT2D eigenvalue weighted by Crippen LogP contribution is 2.35. The zero-order chi connectivity index (χ0) is 11.7. The van der Waals surface area contributed by atoms with Crippen molar-refractivity contribution in [2.45, 2.75) is 25.2 Å². The Morgan fingerprint density at radius 1 is 1.29 bits per heavy atom. The minimum Gasteiger partial charge on any atom is -0.493 e. The lowest BCUT2D eigenvalue weighted by molar-refractivity contribution is -0.130. The maximum Gasteiger partial charge on any atom is 0.223 e. The molecule has 0 radical (unpaired) electrons. The number of carbonyl (C=O) groups excluding carboxylic acids is 1. The molecule has 0 bridgehead atoms. The van der Waals surface area contributed by atoms with Crippen molar-refractivity contribution >= 4 is 5.91 Å². The van der Waals surface area contributed by atoms with Gasteiger partial charge in [0.1, 0.15) is 5.75 Å². The molecule has 1 aromatic carbocycles. The highest BCUT2D eigenvalue weighted by Gasteiger charge is 2.28. The van der Waals surface area contributed by atoms with Gasteiger partial charge in [-0.15, -0.1) is 0 Å². The van der Waals surface area contributed by atoms with Gasteiger partial charge in [0.2, 0.25) is 5.91 Å². The third-order valence-electron chi connectivity index (χ3n) is 3.68. The topological polar surface area (TPSA) is 29.5 Å². The van der Waals surface area contributed by atoms with Crippen molar-refractivity contribution in [3.8, 4) is 5.75 Å². The van der Waals surface area contributed by atoms with E-state index in [0.717, 1.165) is 31.7 Å². The summed E-state index contributed by atoms with van der Waals surface area (Å²) < 4.78 is 5.60. The molecule has 1 atom stereocenters. The Labute approximate surface area is 101 Å². The molecule has 1 aromatic rings. The van der Waals surface area contributed by atoms with Gasteiger partial charge in [0.15, 0.2) is 0 Å². The largest absolute Gasteiger partial charge is 0.493 e. The van der Waals surface area contributed by atoms with Gasteiger partial charge in [-0.3, -0.25) is 4.79 Å². The van der Waals surface area contributed by atoms with E-state index in [0.29, 0.717) is 13.0 Å². The lowest BCUT2D eigenvalue weighted by Gasteiger charge is -2.17. The Hall–Kier alpha value is -1.51. The Morgan fingerprint density at radius 3 is 2.88 bits per heavy atom. The molecule has 17 heavy (non-hydrogen) atoms. The number of hydrogen-bond donors (Lipinski definition) is 0. The molecular formula is C14H17NO2. The lowest BCUT2D eigenvalue weighted by Crippen LogP contribution is -2.29. The summed E-state index contributed by atoms with van der Waals surface area (Å²) in [5, 5.41) is 0. The number of likely N-dealkylation sites (tertiary alicyclic amines) is 1. The first-order valence-electron chi connectivity index (χ1n) is 6.34. The second-order valence-corrected chi connectivity index (χ2v) is 4.84. The summed E-state index contributed by atoms with van der Waals surface area (Å²) in [6, 6.07) is 8.05. The first kappa shape index (κ1) is 10.6. The van der Waals surface area contributed by atoms with Gasteiger partial charge in [-0.25, -0.2) is 0 Å². The maximum atomic E-state index is 12.1. The van der Waals surface area contributed by atoms with E-state index in [1.807, 2.05) is 23.1 Å². The monoisotopic (exact) mass is 231 g/mol. The Bertz CT molecular complexity index is 424. The Morgan fingerprint density at radius 2 is 2.06 bits per heavy atom. The van der Waals surface area contributed by atoms with Crippen LogP contribution in [0.15, 0.2) is 24.3 Å². The van der Waals surface area contributed by atoms with E-state index in [1.165, 1.54) is 5.56 Å². The molecule has 2 aliphatic rings. The maximum absolute atomic E-state index is 12.1. The van der Waals surface area contributed by atoms with Crippen molar-refractivity contribution in [3.05, 3.63) is 29.8 Å². The first-order valence-corrected chi connectivity index (χ1v) is 6.34. The van der Waals surface area contributed by atoms with E-state index in [-0.39, 0.29) is 11.8 Å². The summed E-state index contributed by atoms with van der Waals surface area (Å²) in [5.41, 5.74) is 1.19. The molecule has 90 valence electrons. The van der Waals surface area contributed by atoms with Gasteiger partial charge in [-0.1, -0.05) is 18.2 Å². The minimum absolute atomic E-state index is 0.249. The van der Waals surface area contributed by atoms with Crippen LogP contribution >= 0.6 is 0 Å². The number of fused-ring (bicyclic) bond motifs is 1. The standard InChI is InChI=1S/C14H17NO2/c16-14(15-7-3-4-8-15)9-11-10-17-13-6-2-1-5-12(11)13/h1-2,5-6,11H,3-4,7-10H2. The molecule has 1 fully saturated rings. The van der Waals surface area contributed by atoms with Gasteiger partial charge >= 0.3 is 0 Å². The summed E-state index contributed by atoms with van der Waals surface area (Å²) >= 11 is 0. The van der Waals surface area contributed by atoms with Gasteiger partial charge < -0.3 is 9.64 Å². The molecule has 0 N–H and O–H groups in total. The average molecular weight is 231 g/mol. The van der Waals surface area contributed by atoms with Crippen molar-refractivity contribution in [1.82, 2.24) is 4.90 Å². The Kier molecular flexibility index (Phi) is 2.75. The highest BCUT2D eigenvalue weighted by molar-refractivity contribution is 5.77. The number of rotatable bonds is 2. The molecule has 3 rings (SSSR count). The fraction of sp³-hybridized carbons (Fsp3) is 0.500. The van der Waals surface area contributed by atoms with Crippen molar-refractivity contribution < 1.29 is 9.53 Å². The van der Waals surface area contributed by atoms with E-state index in [4.69, 9.17) is 4.74 Å². The van der Waals surface area contributed by atoms with Crippen LogP contribution in [-0.2, 0) is 4.79 Å². The molecule has 1 amide bonds. The second-order valence-electron chi connectivity index (χ2n) is 4.84. The van der Waals surface area contributed by atoms with E-state index in [1.54, 1.807) is 0 Å².